The van der Waals surface area contributed by atoms with E-state index in [0.29, 0.717) is 0 Å². The first-order valence-corrected chi connectivity index (χ1v) is 11.2. The summed E-state index contributed by atoms with van der Waals surface area (Å²) in [6.07, 6.45) is 0. The molecule has 1 aromatic carbocycles. The zero-order valence-electron chi connectivity index (χ0n) is 19.5. The number of H-pyrrole nitrogens is 1. The standard InChI is InChI=1S/C26H34N4O/c1-18-6-9-23(16-19(18)2)25-17-24(22(5)27-25)26(31)29-13-10-28(11-14-29)12-15-30-20(3)7-8-21(30)4/h6-9,16-17,27H,10-15H2,1-5H3. The molecule has 1 aliphatic heterocycles. The minimum Gasteiger partial charge on any atom is -0.358 e. The summed E-state index contributed by atoms with van der Waals surface area (Å²) >= 11 is 0. The Morgan fingerprint density at radius 1 is 0.839 bits per heavy atom. The number of aromatic nitrogens is 2. The van der Waals surface area contributed by atoms with Gasteiger partial charge in [-0.05, 0) is 75.6 Å². The highest BCUT2D eigenvalue weighted by molar-refractivity contribution is 5.97. The number of nitrogens with zero attached hydrogens (tertiary/aromatic N) is 3. The highest BCUT2D eigenvalue weighted by Gasteiger charge is 2.24. The number of hydrogen-bond donors (Lipinski definition) is 1. The highest BCUT2D eigenvalue weighted by Crippen LogP contribution is 2.25. The molecule has 3 aromatic rings. The van der Waals surface area contributed by atoms with Gasteiger partial charge in [-0.25, -0.2) is 0 Å². The van der Waals surface area contributed by atoms with Gasteiger partial charge in [-0.2, -0.15) is 0 Å². The SMILES string of the molecule is Cc1ccc(-c2cc(C(=O)N3CCN(CCn4c(C)ccc4C)CC3)c(C)[nH]2)cc1C. The fourth-order valence-corrected chi connectivity index (χ4v) is 4.48. The molecular weight excluding hydrogens is 384 g/mol. The second-order valence-corrected chi connectivity index (χ2v) is 8.92. The van der Waals surface area contributed by atoms with Crippen molar-refractivity contribution in [2.24, 2.45) is 0 Å². The van der Waals surface area contributed by atoms with Crippen LogP contribution in [0.2, 0.25) is 0 Å². The van der Waals surface area contributed by atoms with Gasteiger partial charge >= 0.3 is 0 Å². The maximum atomic E-state index is 13.2. The van der Waals surface area contributed by atoms with E-state index in [-0.39, 0.29) is 5.91 Å². The molecule has 0 spiro atoms. The third-order valence-electron chi connectivity index (χ3n) is 6.78. The third kappa shape index (κ3) is 4.47. The van der Waals surface area contributed by atoms with E-state index in [1.54, 1.807) is 0 Å². The van der Waals surface area contributed by atoms with Crippen LogP contribution in [0, 0.1) is 34.6 Å². The molecule has 1 amide bonds. The van der Waals surface area contributed by atoms with E-state index < -0.39 is 0 Å². The molecule has 0 radical (unpaired) electrons. The van der Waals surface area contributed by atoms with Crippen LogP contribution in [0.4, 0.5) is 0 Å². The number of nitrogens with one attached hydrogen (secondary N) is 1. The fraction of sp³-hybridized carbons (Fsp3) is 0.423. The molecule has 0 bridgehead atoms. The number of rotatable bonds is 5. The van der Waals surface area contributed by atoms with Crippen LogP contribution in [-0.2, 0) is 6.54 Å². The normalized spacial score (nSPS) is 14.9. The number of carbonyl (C=O) groups is 1. The number of piperazine rings is 1. The summed E-state index contributed by atoms with van der Waals surface area (Å²) in [7, 11) is 0. The van der Waals surface area contributed by atoms with Gasteiger partial charge in [-0.1, -0.05) is 12.1 Å². The van der Waals surface area contributed by atoms with Gasteiger partial charge in [0.2, 0.25) is 0 Å². The molecule has 0 atom stereocenters. The van der Waals surface area contributed by atoms with Gasteiger partial charge in [0.25, 0.3) is 5.91 Å². The van der Waals surface area contributed by atoms with Crippen molar-refractivity contribution in [3.05, 3.63) is 70.2 Å². The second kappa shape index (κ2) is 8.75. The molecule has 0 unspecified atom stereocenters. The Bertz CT molecular complexity index is 1060. The number of aromatic amines is 1. The van der Waals surface area contributed by atoms with Crippen LogP contribution >= 0.6 is 0 Å². The monoisotopic (exact) mass is 418 g/mol. The van der Waals surface area contributed by atoms with Crippen LogP contribution in [0.1, 0.15) is 38.6 Å². The van der Waals surface area contributed by atoms with Crippen LogP contribution in [-0.4, -0.2) is 58.0 Å². The highest BCUT2D eigenvalue weighted by atomic mass is 16.2. The molecule has 4 rings (SSSR count). The van der Waals surface area contributed by atoms with Crippen LogP contribution in [0.15, 0.2) is 36.4 Å². The van der Waals surface area contributed by atoms with Crippen LogP contribution in [0.25, 0.3) is 11.3 Å². The molecule has 1 fully saturated rings. The molecule has 1 N–H and O–H groups in total. The van der Waals surface area contributed by atoms with Gasteiger partial charge in [0.05, 0.1) is 5.56 Å². The van der Waals surface area contributed by atoms with Crippen molar-refractivity contribution in [3.8, 4) is 11.3 Å². The van der Waals surface area contributed by atoms with Gasteiger partial charge in [0.15, 0.2) is 0 Å². The van der Waals surface area contributed by atoms with E-state index in [1.165, 1.54) is 22.5 Å². The van der Waals surface area contributed by atoms with E-state index in [1.807, 2.05) is 17.9 Å². The summed E-state index contributed by atoms with van der Waals surface area (Å²) < 4.78 is 2.37. The predicted octanol–water partition coefficient (Wildman–Crippen LogP) is 4.48. The van der Waals surface area contributed by atoms with Crippen LogP contribution < -0.4 is 0 Å². The zero-order chi connectivity index (χ0) is 22.1. The smallest absolute Gasteiger partial charge is 0.255 e. The summed E-state index contributed by atoms with van der Waals surface area (Å²) in [6.45, 7) is 16.0. The van der Waals surface area contributed by atoms with Crippen molar-refractivity contribution in [1.82, 2.24) is 19.4 Å². The average Bonchev–Trinajstić information content (AvgIpc) is 3.30. The largest absolute Gasteiger partial charge is 0.358 e. The quantitative estimate of drug-likeness (QED) is 0.664. The van der Waals surface area contributed by atoms with Crippen molar-refractivity contribution < 1.29 is 4.79 Å². The second-order valence-electron chi connectivity index (χ2n) is 8.92. The Labute approximate surface area is 185 Å². The molecule has 1 saturated heterocycles. The van der Waals surface area contributed by atoms with Crippen molar-refractivity contribution in [2.45, 2.75) is 41.2 Å². The number of aryl methyl sites for hydroxylation is 5. The van der Waals surface area contributed by atoms with Gasteiger partial charge in [0, 0.05) is 62.0 Å². The Balaban J connectivity index is 1.37. The lowest BCUT2D eigenvalue weighted by Crippen LogP contribution is -2.49. The van der Waals surface area contributed by atoms with Gasteiger partial charge in [-0.15, -0.1) is 0 Å². The average molecular weight is 419 g/mol. The molecule has 2 aromatic heterocycles. The topological polar surface area (TPSA) is 44.3 Å². The molecule has 164 valence electrons. The third-order valence-corrected chi connectivity index (χ3v) is 6.78. The van der Waals surface area contributed by atoms with Crippen molar-refractivity contribution in [3.63, 3.8) is 0 Å². The summed E-state index contributed by atoms with van der Waals surface area (Å²) in [5.41, 5.74) is 9.05. The zero-order valence-corrected chi connectivity index (χ0v) is 19.5. The molecular formula is C26H34N4O. The number of hydrogen-bond acceptors (Lipinski definition) is 2. The van der Waals surface area contributed by atoms with Crippen LogP contribution in [0.5, 0.6) is 0 Å². The lowest BCUT2D eigenvalue weighted by molar-refractivity contribution is 0.0632. The first-order valence-electron chi connectivity index (χ1n) is 11.2. The molecule has 5 heteroatoms. The summed E-state index contributed by atoms with van der Waals surface area (Å²) in [5.74, 6) is 0.139. The number of benzene rings is 1. The van der Waals surface area contributed by atoms with Gasteiger partial charge in [-0.3, -0.25) is 9.69 Å². The molecule has 1 aliphatic rings. The summed E-state index contributed by atoms with van der Waals surface area (Å²) in [4.78, 5) is 21.1. The minimum absolute atomic E-state index is 0.139. The van der Waals surface area contributed by atoms with Crippen molar-refractivity contribution in [2.75, 3.05) is 32.7 Å². The first-order chi connectivity index (χ1) is 14.8. The molecule has 0 saturated carbocycles. The van der Waals surface area contributed by atoms with E-state index >= 15 is 0 Å². The van der Waals surface area contributed by atoms with Crippen molar-refractivity contribution >= 4 is 5.91 Å². The van der Waals surface area contributed by atoms with Gasteiger partial charge in [0.1, 0.15) is 0 Å². The maximum absolute atomic E-state index is 13.2. The Hall–Kier alpha value is -2.79. The van der Waals surface area contributed by atoms with Gasteiger partial charge < -0.3 is 14.5 Å². The minimum atomic E-state index is 0.139. The molecule has 31 heavy (non-hydrogen) atoms. The van der Waals surface area contributed by atoms with E-state index in [4.69, 9.17) is 0 Å². The van der Waals surface area contributed by atoms with E-state index in [0.717, 1.165) is 61.8 Å². The lowest BCUT2D eigenvalue weighted by Gasteiger charge is -2.35. The molecule has 3 heterocycles. The Kier molecular flexibility index (Phi) is 6.05. The Morgan fingerprint density at radius 2 is 1.52 bits per heavy atom. The summed E-state index contributed by atoms with van der Waals surface area (Å²) in [5, 5.41) is 0. The van der Waals surface area contributed by atoms with E-state index in [9.17, 15) is 4.79 Å². The predicted molar refractivity (Wildman–Crippen MR) is 127 cm³/mol. The number of carbonyl (C=O) groups excluding carboxylic acids is 1. The van der Waals surface area contributed by atoms with E-state index in [2.05, 4.69) is 72.5 Å². The van der Waals surface area contributed by atoms with Crippen LogP contribution in [0.3, 0.4) is 0 Å². The molecule has 5 nitrogen and oxygen atoms in total. The van der Waals surface area contributed by atoms with Crippen molar-refractivity contribution in [1.29, 1.82) is 0 Å². The Morgan fingerprint density at radius 3 is 2.16 bits per heavy atom. The molecule has 0 aliphatic carbocycles. The number of amides is 1. The fourth-order valence-electron chi connectivity index (χ4n) is 4.48. The maximum Gasteiger partial charge on any atom is 0.255 e. The lowest BCUT2D eigenvalue weighted by atomic mass is 10.0. The first kappa shape index (κ1) is 21.4. The summed E-state index contributed by atoms with van der Waals surface area (Å²) in [6, 6.07) is 12.8.